The molecule has 0 atom stereocenters. The average Bonchev–Trinajstić information content (AvgIpc) is 2.41. The summed E-state index contributed by atoms with van der Waals surface area (Å²) >= 11 is 0. The number of hydrogen-bond donors (Lipinski definition) is 2. The van der Waals surface area contributed by atoms with Crippen LogP contribution >= 0.6 is 0 Å². The van der Waals surface area contributed by atoms with Crippen LogP contribution in [0.1, 0.15) is 16.1 Å². The molecule has 1 aromatic carbocycles. The van der Waals surface area contributed by atoms with Gasteiger partial charge in [-0.3, -0.25) is 0 Å². The standard InChI is InChI=1S/C14H16N4O2/c1-9-4-5-10(6-12(9)18(2)3)17-13-8-15-11(7-16-13)14(19)20/h4-8H,1-3H3,(H,16,17)(H,19,20). The molecule has 1 heterocycles. The summed E-state index contributed by atoms with van der Waals surface area (Å²) in [6.45, 7) is 2.04. The van der Waals surface area contributed by atoms with Gasteiger partial charge in [0.15, 0.2) is 5.69 Å². The molecule has 0 saturated carbocycles. The normalized spacial score (nSPS) is 10.2. The van der Waals surface area contributed by atoms with Crippen molar-refractivity contribution < 1.29 is 9.90 Å². The quantitative estimate of drug-likeness (QED) is 0.889. The van der Waals surface area contributed by atoms with Gasteiger partial charge < -0.3 is 15.3 Å². The summed E-state index contributed by atoms with van der Waals surface area (Å²) in [4.78, 5) is 20.6. The minimum absolute atomic E-state index is 0.0755. The van der Waals surface area contributed by atoms with Crippen molar-refractivity contribution in [3.63, 3.8) is 0 Å². The number of rotatable bonds is 4. The van der Waals surface area contributed by atoms with E-state index >= 15 is 0 Å². The molecule has 0 aliphatic heterocycles. The number of benzene rings is 1. The Morgan fingerprint density at radius 3 is 2.55 bits per heavy atom. The van der Waals surface area contributed by atoms with E-state index in [2.05, 4.69) is 15.3 Å². The van der Waals surface area contributed by atoms with E-state index in [9.17, 15) is 4.79 Å². The third-order valence-corrected chi connectivity index (χ3v) is 2.83. The molecule has 0 spiro atoms. The van der Waals surface area contributed by atoms with Crippen LogP contribution < -0.4 is 10.2 Å². The molecule has 20 heavy (non-hydrogen) atoms. The van der Waals surface area contributed by atoms with E-state index in [-0.39, 0.29) is 5.69 Å². The maximum Gasteiger partial charge on any atom is 0.356 e. The van der Waals surface area contributed by atoms with Crippen LogP contribution in [0, 0.1) is 6.92 Å². The molecule has 0 amide bonds. The lowest BCUT2D eigenvalue weighted by Crippen LogP contribution is -2.10. The molecule has 0 unspecified atom stereocenters. The Morgan fingerprint density at radius 2 is 2.00 bits per heavy atom. The number of anilines is 3. The lowest BCUT2D eigenvalue weighted by molar-refractivity contribution is 0.0690. The smallest absolute Gasteiger partial charge is 0.356 e. The monoisotopic (exact) mass is 272 g/mol. The Morgan fingerprint density at radius 1 is 1.25 bits per heavy atom. The fourth-order valence-corrected chi connectivity index (χ4v) is 1.82. The Hall–Kier alpha value is -2.63. The Balaban J connectivity index is 2.21. The zero-order chi connectivity index (χ0) is 14.7. The molecule has 6 nitrogen and oxygen atoms in total. The van der Waals surface area contributed by atoms with Gasteiger partial charge >= 0.3 is 5.97 Å². The van der Waals surface area contributed by atoms with Crippen LogP contribution in [-0.2, 0) is 0 Å². The van der Waals surface area contributed by atoms with Crippen molar-refractivity contribution in [3.8, 4) is 0 Å². The minimum Gasteiger partial charge on any atom is -0.476 e. The maximum atomic E-state index is 10.7. The van der Waals surface area contributed by atoms with E-state index in [1.54, 1.807) is 0 Å². The topological polar surface area (TPSA) is 78.3 Å². The number of carboxylic acids is 1. The molecule has 1 aromatic heterocycles. The summed E-state index contributed by atoms with van der Waals surface area (Å²) < 4.78 is 0. The van der Waals surface area contributed by atoms with Gasteiger partial charge in [-0.05, 0) is 24.6 Å². The molecule has 104 valence electrons. The third-order valence-electron chi connectivity index (χ3n) is 2.83. The van der Waals surface area contributed by atoms with Crippen molar-refractivity contribution >= 4 is 23.2 Å². The number of nitrogens with zero attached hydrogens (tertiary/aromatic N) is 3. The van der Waals surface area contributed by atoms with Crippen molar-refractivity contribution in [2.45, 2.75) is 6.92 Å². The lowest BCUT2D eigenvalue weighted by atomic mass is 10.1. The summed E-state index contributed by atoms with van der Waals surface area (Å²) in [5.41, 5.74) is 3.07. The van der Waals surface area contributed by atoms with E-state index in [0.29, 0.717) is 5.82 Å². The molecular weight excluding hydrogens is 256 g/mol. The van der Waals surface area contributed by atoms with Gasteiger partial charge in [0.05, 0.1) is 12.4 Å². The van der Waals surface area contributed by atoms with Gasteiger partial charge in [0, 0.05) is 25.5 Å². The van der Waals surface area contributed by atoms with Gasteiger partial charge in [0.25, 0.3) is 0 Å². The van der Waals surface area contributed by atoms with Crippen LogP contribution in [0.25, 0.3) is 0 Å². The number of nitrogens with one attached hydrogen (secondary N) is 1. The van der Waals surface area contributed by atoms with Gasteiger partial charge in [-0.1, -0.05) is 6.07 Å². The number of aryl methyl sites for hydroxylation is 1. The first kappa shape index (κ1) is 13.8. The Labute approximate surface area is 117 Å². The largest absolute Gasteiger partial charge is 0.476 e. The number of carboxylic acid groups (broad SMARTS) is 1. The van der Waals surface area contributed by atoms with Crippen LogP contribution in [0.4, 0.5) is 17.2 Å². The first-order valence-corrected chi connectivity index (χ1v) is 6.07. The van der Waals surface area contributed by atoms with Crippen molar-refractivity contribution in [1.29, 1.82) is 0 Å². The van der Waals surface area contributed by atoms with E-state index in [4.69, 9.17) is 5.11 Å². The zero-order valence-electron chi connectivity index (χ0n) is 11.6. The predicted octanol–water partition coefficient (Wildman–Crippen LogP) is 2.29. The Kier molecular flexibility index (Phi) is 3.84. The first-order chi connectivity index (χ1) is 9.47. The summed E-state index contributed by atoms with van der Waals surface area (Å²) in [6.07, 6.45) is 2.63. The Bertz CT molecular complexity index is 624. The van der Waals surface area contributed by atoms with E-state index in [1.165, 1.54) is 18.0 Å². The second kappa shape index (κ2) is 5.56. The molecule has 0 bridgehead atoms. The van der Waals surface area contributed by atoms with Gasteiger partial charge in [0.2, 0.25) is 0 Å². The average molecular weight is 272 g/mol. The van der Waals surface area contributed by atoms with Gasteiger partial charge in [-0.15, -0.1) is 0 Å². The highest BCUT2D eigenvalue weighted by atomic mass is 16.4. The predicted molar refractivity (Wildman–Crippen MR) is 77.8 cm³/mol. The molecule has 0 saturated heterocycles. The van der Waals surface area contributed by atoms with Crippen LogP contribution in [0.2, 0.25) is 0 Å². The summed E-state index contributed by atoms with van der Waals surface area (Å²) in [5, 5.41) is 11.9. The van der Waals surface area contributed by atoms with Crippen LogP contribution in [0.3, 0.4) is 0 Å². The van der Waals surface area contributed by atoms with Crippen molar-refractivity contribution in [3.05, 3.63) is 41.9 Å². The van der Waals surface area contributed by atoms with E-state index in [0.717, 1.165) is 11.4 Å². The zero-order valence-corrected chi connectivity index (χ0v) is 11.6. The van der Waals surface area contributed by atoms with Crippen molar-refractivity contribution in [1.82, 2.24) is 9.97 Å². The van der Waals surface area contributed by atoms with Gasteiger partial charge in [0.1, 0.15) is 5.82 Å². The highest BCUT2D eigenvalue weighted by Crippen LogP contribution is 2.24. The molecule has 2 N–H and O–H groups in total. The molecule has 2 aromatic rings. The van der Waals surface area contributed by atoms with Gasteiger partial charge in [-0.25, -0.2) is 14.8 Å². The summed E-state index contributed by atoms with van der Waals surface area (Å²) in [6, 6.07) is 5.95. The van der Waals surface area contributed by atoms with Crippen molar-refractivity contribution in [2.75, 3.05) is 24.3 Å². The van der Waals surface area contributed by atoms with E-state index < -0.39 is 5.97 Å². The molecule has 0 fully saturated rings. The van der Waals surface area contributed by atoms with Crippen LogP contribution in [0.5, 0.6) is 0 Å². The molecular formula is C14H16N4O2. The SMILES string of the molecule is Cc1ccc(Nc2cnc(C(=O)O)cn2)cc1N(C)C. The summed E-state index contributed by atoms with van der Waals surface area (Å²) in [5.74, 6) is -0.585. The maximum absolute atomic E-state index is 10.7. The third kappa shape index (κ3) is 3.03. The van der Waals surface area contributed by atoms with Gasteiger partial charge in [-0.2, -0.15) is 0 Å². The second-order valence-corrected chi connectivity index (χ2v) is 4.61. The van der Waals surface area contributed by atoms with Crippen molar-refractivity contribution in [2.24, 2.45) is 0 Å². The highest BCUT2D eigenvalue weighted by Gasteiger charge is 2.06. The van der Waals surface area contributed by atoms with Crippen LogP contribution in [-0.4, -0.2) is 35.1 Å². The molecule has 0 aliphatic carbocycles. The van der Waals surface area contributed by atoms with E-state index in [1.807, 2.05) is 44.1 Å². The minimum atomic E-state index is -1.09. The molecule has 0 radical (unpaired) electrons. The molecule has 6 heteroatoms. The number of aromatic nitrogens is 2. The fourth-order valence-electron chi connectivity index (χ4n) is 1.82. The molecule has 2 rings (SSSR count). The van der Waals surface area contributed by atoms with Crippen LogP contribution in [0.15, 0.2) is 30.6 Å². The highest BCUT2D eigenvalue weighted by molar-refractivity contribution is 5.85. The number of hydrogen-bond acceptors (Lipinski definition) is 5. The fraction of sp³-hybridized carbons (Fsp3) is 0.214. The summed E-state index contributed by atoms with van der Waals surface area (Å²) in [7, 11) is 3.96. The molecule has 0 aliphatic rings. The first-order valence-electron chi connectivity index (χ1n) is 6.07. The number of carbonyl (C=O) groups is 1. The second-order valence-electron chi connectivity index (χ2n) is 4.61. The lowest BCUT2D eigenvalue weighted by Gasteiger charge is -2.17. The number of aromatic carboxylic acids is 1.